The molecule has 4 aromatic rings. The standard InChI is InChI=1S/C17H11N3OS/c21-16-14-12(11-6-2-1-3-7-11)10-22-17(14)20-15(19-16)13-8-4-5-9-18-13/h1-10H,(H,19,20,21). The first kappa shape index (κ1) is 12.9. The summed E-state index contributed by atoms with van der Waals surface area (Å²) in [5, 5.41) is 2.61. The predicted molar refractivity (Wildman–Crippen MR) is 88.9 cm³/mol. The number of hydrogen-bond donors (Lipinski definition) is 1. The molecular weight excluding hydrogens is 294 g/mol. The summed E-state index contributed by atoms with van der Waals surface area (Å²) in [6.45, 7) is 0. The lowest BCUT2D eigenvalue weighted by atomic mass is 10.1. The quantitative estimate of drug-likeness (QED) is 0.614. The maximum Gasteiger partial charge on any atom is 0.260 e. The molecule has 0 amide bonds. The number of fused-ring (bicyclic) bond motifs is 1. The van der Waals surface area contributed by atoms with Crippen molar-refractivity contribution in [3.8, 4) is 22.6 Å². The maximum absolute atomic E-state index is 12.5. The van der Waals surface area contributed by atoms with Crippen molar-refractivity contribution in [2.75, 3.05) is 0 Å². The van der Waals surface area contributed by atoms with E-state index >= 15 is 0 Å². The number of thiophene rings is 1. The predicted octanol–water partition coefficient (Wildman–Crippen LogP) is 3.71. The van der Waals surface area contributed by atoms with Crippen molar-refractivity contribution < 1.29 is 0 Å². The minimum absolute atomic E-state index is 0.134. The summed E-state index contributed by atoms with van der Waals surface area (Å²) in [5.41, 5.74) is 2.47. The topological polar surface area (TPSA) is 58.6 Å². The first-order valence-electron chi connectivity index (χ1n) is 6.81. The third-order valence-corrected chi connectivity index (χ3v) is 4.31. The molecule has 0 radical (unpaired) electrons. The molecule has 0 saturated carbocycles. The van der Waals surface area contributed by atoms with Crippen LogP contribution in [-0.4, -0.2) is 15.0 Å². The third kappa shape index (κ3) is 2.12. The van der Waals surface area contributed by atoms with E-state index in [0.717, 1.165) is 16.0 Å². The Hall–Kier alpha value is -2.79. The van der Waals surface area contributed by atoms with Crippen molar-refractivity contribution in [2.45, 2.75) is 0 Å². The lowest BCUT2D eigenvalue weighted by molar-refractivity contribution is 1.15. The van der Waals surface area contributed by atoms with Crippen LogP contribution in [-0.2, 0) is 0 Å². The Labute approximate surface area is 130 Å². The van der Waals surface area contributed by atoms with E-state index < -0.39 is 0 Å². The summed E-state index contributed by atoms with van der Waals surface area (Å²) >= 11 is 1.47. The van der Waals surface area contributed by atoms with E-state index in [0.29, 0.717) is 16.9 Å². The van der Waals surface area contributed by atoms with Crippen LogP contribution in [0.3, 0.4) is 0 Å². The minimum atomic E-state index is -0.134. The summed E-state index contributed by atoms with van der Waals surface area (Å²) in [6, 6.07) is 15.4. The van der Waals surface area contributed by atoms with Crippen molar-refractivity contribution in [2.24, 2.45) is 0 Å². The van der Waals surface area contributed by atoms with Crippen LogP contribution in [0.15, 0.2) is 64.9 Å². The van der Waals surface area contributed by atoms with Gasteiger partial charge in [0.05, 0.1) is 5.39 Å². The fraction of sp³-hybridized carbons (Fsp3) is 0. The number of aromatic amines is 1. The number of nitrogens with zero attached hydrogens (tertiary/aromatic N) is 2. The van der Waals surface area contributed by atoms with Crippen LogP contribution in [0.2, 0.25) is 0 Å². The van der Waals surface area contributed by atoms with Crippen LogP contribution in [0.4, 0.5) is 0 Å². The second kappa shape index (κ2) is 5.20. The summed E-state index contributed by atoms with van der Waals surface area (Å²) < 4.78 is 0. The third-order valence-electron chi connectivity index (χ3n) is 3.44. The molecule has 1 aromatic carbocycles. The highest BCUT2D eigenvalue weighted by Crippen LogP contribution is 2.31. The molecule has 0 unspecified atom stereocenters. The van der Waals surface area contributed by atoms with Gasteiger partial charge in [-0.25, -0.2) is 4.98 Å². The molecule has 1 N–H and O–H groups in total. The molecule has 5 heteroatoms. The Bertz CT molecular complexity index is 991. The molecule has 22 heavy (non-hydrogen) atoms. The summed E-state index contributed by atoms with van der Waals surface area (Å²) in [6.07, 6.45) is 1.68. The SMILES string of the molecule is O=c1[nH]c(-c2ccccn2)nc2scc(-c3ccccc3)c12. The van der Waals surface area contributed by atoms with Crippen molar-refractivity contribution in [3.05, 3.63) is 70.5 Å². The molecule has 0 aliphatic carbocycles. The number of pyridine rings is 1. The molecule has 0 bridgehead atoms. The second-order valence-electron chi connectivity index (χ2n) is 4.83. The van der Waals surface area contributed by atoms with Crippen LogP contribution < -0.4 is 5.56 Å². The van der Waals surface area contributed by atoms with Crippen LogP contribution in [0, 0.1) is 0 Å². The van der Waals surface area contributed by atoms with Gasteiger partial charge >= 0.3 is 0 Å². The summed E-state index contributed by atoms with van der Waals surface area (Å²) in [4.78, 5) is 24.9. The van der Waals surface area contributed by atoms with Crippen LogP contribution >= 0.6 is 11.3 Å². The first-order valence-corrected chi connectivity index (χ1v) is 7.69. The highest BCUT2D eigenvalue weighted by atomic mass is 32.1. The van der Waals surface area contributed by atoms with E-state index in [1.807, 2.05) is 53.9 Å². The zero-order chi connectivity index (χ0) is 14.9. The number of benzene rings is 1. The van der Waals surface area contributed by atoms with Crippen molar-refractivity contribution in [1.29, 1.82) is 0 Å². The van der Waals surface area contributed by atoms with Gasteiger partial charge in [-0.2, -0.15) is 0 Å². The monoisotopic (exact) mass is 305 g/mol. The van der Waals surface area contributed by atoms with Crippen molar-refractivity contribution >= 4 is 21.6 Å². The molecule has 0 fully saturated rings. The van der Waals surface area contributed by atoms with Gasteiger partial charge in [-0.1, -0.05) is 36.4 Å². The number of aromatic nitrogens is 3. The highest BCUT2D eigenvalue weighted by Gasteiger charge is 2.13. The first-order chi connectivity index (χ1) is 10.8. The normalized spacial score (nSPS) is 10.9. The molecule has 106 valence electrons. The van der Waals surface area contributed by atoms with Crippen molar-refractivity contribution in [1.82, 2.24) is 15.0 Å². The van der Waals surface area contributed by atoms with Gasteiger partial charge in [0.15, 0.2) is 5.82 Å². The van der Waals surface area contributed by atoms with Gasteiger partial charge in [-0.3, -0.25) is 9.78 Å². The molecule has 4 rings (SSSR count). The molecule has 0 saturated heterocycles. The molecule has 3 heterocycles. The van der Waals surface area contributed by atoms with Gasteiger partial charge in [0, 0.05) is 17.1 Å². The number of hydrogen-bond acceptors (Lipinski definition) is 4. The second-order valence-corrected chi connectivity index (χ2v) is 5.68. The van der Waals surface area contributed by atoms with E-state index in [1.54, 1.807) is 6.20 Å². The Morgan fingerprint density at radius 1 is 1.00 bits per heavy atom. The molecular formula is C17H11N3OS. The molecule has 0 aliphatic heterocycles. The fourth-order valence-corrected chi connectivity index (χ4v) is 3.35. The Kier molecular flexibility index (Phi) is 3.05. The zero-order valence-corrected chi connectivity index (χ0v) is 12.3. The minimum Gasteiger partial charge on any atom is -0.305 e. The van der Waals surface area contributed by atoms with Crippen molar-refractivity contribution in [3.63, 3.8) is 0 Å². The smallest absolute Gasteiger partial charge is 0.260 e. The number of nitrogens with one attached hydrogen (secondary N) is 1. The van der Waals surface area contributed by atoms with Gasteiger partial charge in [0.1, 0.15) is 10.5 Å². The van der Waals surface area contributed by atoms with Gasteiger partial charge in [-0.05, 0) is 17.7 Å². The van der Waals surface area contributed by atoms with Gasteiger partial charge in [0.25, 0.3) is 5.56 Å². The summed E-state index contributed by atoms with van der Waals surface area (Å²) in [5.74, 6) is 0.500. The lowest BCUT2D eigenvalue weighted by Crippen LogP contribution is -2.09. The lowest BCUT2D eigenvalue weighted by Gasteiger charge is -2.01. The average molecular weight is 305 g/mol. The molecule has 3 aromatic heterocycles. The van der Waals surface area contributed by atoms with E-state index in [9.17, 15) is 4.79 Å². The van der Waals surface area contributed by atoms with Crippen LogP contribution in [0.5, 0.6) is 0 Å². The molecule has 4 nitrogen and oxygen atoms in total. The van der Waals surface area contributed by atoms with E-state index in [-0.39, 0.29) is 5.56 Å². The molecule has 0 spiro atoms. The van der Waals surface area contributed by atoms with Crippen LogP contribution in [0.25, 0.3) is 32.9 Å². The van der Waals surface area contributed by atoms with Crippen LogP contribution in [0.1, 0.15) is 0 Å². The Morgan fingerprint density at radius 3 is 2.59 bits per heavy atom. The van der Waals surface area contributed by atoms with E-state index in [2.05, 4.69) is 15.0 Å². The van der Waals surface area contributed by atoms with Gasteiger partial charge in [-0.15, -0.1) is 11.3 Å². The average Bonchev–Trinajstić information content (AvgIpc) is 3.01. The Morgan fingerprint density at radius 2 is 1.82 bits per heavy atom. The number of H-pyrrole nitrogens is 1. The highest BCUT2D eigenvalue weighted by molar-refractivity contribution is 7.17. The number of rotatable bonds is 2. The Balaban J connectivity index is 1.94. The fourth-order valence-electron chi connectivity index (χ4n) is 2.40. The van der Waals surface area contributed by atoms with E-state index in [1.165, 1.54) is 11.3 Å². The molecule has 0 aliphatic rings. The largest absolute Gasteiger partial charge is 0.305 e. The molecule has 0 atom stereocenters. The summed E-state index contributed by atoms with van der Waals surface area (Å²) in [7, 11) is 0. The maximum atomic E-state index is 12.5. The van der Waals surface area contributed by atoms with Gasteiger partial charge < -0.3 is 4.98 Å². The van der Waals surface area contributed by atoms with Gasteiger partial charge in [0.2, 0.25) is 0 Å². The zero-order valence-electron chi connectivity index (χ0n) is 11.5. The van der Waals surface area contributed by atoms with E-state index in [4.69, 9.17) is 0 Å².